The molecule has 35 heavy (non-hydrogen) atoms. The van der Waals surface area contributed by atoms with Gasteiger partial charge in [-0.15, -0.1) is 0 Å². The number of carboxylic acids is 1. The summed E-state index contributed by atoms with van der Waals surface area (Å²) in [7, 11) is 0. The second kappa shape index (κ2) is 11.2. The smallest absolute Gasteiger partial charge is 0.307 e. The molecule has 0 spiro atoms. The number of amides is 1. The molecule has 1 saturated heterocycles. The molecule has 3 aromatic rings. The molecule has 1 unspecified atom stereocenters. The molecule has 1 aliphatic heterocycles. The first-order valence-corrected chi connectivity index (χ1v) is 11.8. The summed E-state index contributed by atoms with van der Waals surface area (Å²) < 4.78 is 20.1. The summed E-state index contributed by atoms with van der Waals surface area (Å²) in [5.74, 6) is 0.0749. The highest BCUT2D eigenvalue weighted by atomic mass is 16.5. The second-order valence-electron chi connectivity index (χ2n) is 8.97. The van der Waals surface area contributed by atoms with E-state index in [-0.39, 0.29) is 18.4 Å². The van der Waals surface area contributed by atoms with Crippen molar-refractivity contribution in [2.75, 3.05) is 26.2 Å². The number of furan rings is 1. The minimum absolute atomic E-state index is 0.218. The zero-order chi connectivity index (χ0) is 25.7. The van der Waals surface area contributed by atoms with Gasteiger partial charge in [-0.1, -0.05) is 30.3 Å². The molecular weight excluding hydrogens is 444 g/mol. The first kappa shape index (κ1) is 23.2. The maximum Gasteiger partial charge on any atom is 0.307 e. The van der Waals surface area contributed by atoms with Gasteiger partial charge in [-0.05, 0) is 57.1 Å². The lowest BCUT2D eigenvalue weighted by Crippen LogP contribution is -2.36. The monoisotopic (exact) mass is 477 g/mol. The Bertz CT molecular complexity index is 1170. The van der Waals surface area contributed by atoms with E-state index in [9.17, 15) is 14.7 Å². The predicted molar refractivity (Wildman–Crippen MR) is 133 cm³/mol. The maximum atomic E-state index is 13.5. The third-order valence-electron chi connectivity index (χ3n) is 6.31. The van der Waals surface area contributed by atoms with Crippen LogP contribution in [0.25, 0.3) is 11.3 Å². The van der Waals surface area contributed by atoms with E-state index < -0.39 is 12.0 Å². The number of hydrogen-bond acceptors (Lipinski definition) is 5. The van der Waals surface area contributed by atoms with Crippen LogP contribution >= 0.6 is 0 Å². The Kier molecular flexibility index (Phi) is 7.44. The summed E-state index contributed by atoms with van der Waals surface area (Å²) in [4.78, 5) is 28.3. The Hall–Kier alpha value is -3.58. The Morgan fingerprint density at radius 3 is 2.60 bits per heavy atom. The van der Waals surface area contributed by atoms with Crippen LogP contribution in [-0.4, -0.2) is 59.0 Å². The van der Waals surface area contributed by atoms with Gasteiger partial charge in [-0.2, -0.15) is 0 Å². The third kappa shape index (κ3) is 6.11. The van der Waals surface area contributed by atoms with Crippen LogP contribution in [0.5, 0.6) is 5.75 Å². The number of carbonyl (C=O) groups excluding carboxylic acids is 1. The van der Waals surface area contributed by atoms with E-state index >= 15 is 0 Å². The molecule has 1 atom stereocenters. The number of hydrogen-bond donors (Lipinski definition) is 1. The van der Waals surface area contributed by atoms with Gasteiger partial charge in [0.2, 0.25) is 0 Å². The highest BCUT2D eigenvalue weighted by Gasteiger charge is 2.27. The number of rotatable bonds is 10. The van der Waals surface area contributed by atoms with Crippen molar-refractivity contribution in [1.29, 1.82) is 0 Å². The average Bonchev–Trinajstić information content (AvgIpc) is 3.55. The molecule has 7 nitrogen and oxygen atoms in total. The molecule has 7 heteroatoms. The van der Waals surface area contributed by atoms with Gasteiger partial charge in [0.25, 0.3) is 5.91 Å². The van der Waals surface area contributed by atoms with Gasteiger partial charge < -0.3 is 19.2 Å². The molecule has 0 aliphatic carbocycles. The lowest BCUT2D eigenvalue weighted by molar-refractivity contribution is -0.141. The first-order chi connectivity index (χ1) is 17.2. The molecule has 0 bridgehead atoms. The van der Waals surface area contributed by atoms with Gasteiger partial charge in [0.1, 0.15) is 18.1 Å². The van der Waals surface area contributed by atoms with Crippen LogP contribution in [-0.2, 0) is 11.3 Å². The number of benzene rings is 2. The minimum Gasteiger partial charge on any atom is -0.492 e. The molecule has 0 saturated carbocycles. The van der Waals surface area contributed by atoms with Crippen LogP contribution in [0.2, 0.25) is 0 Å². The molecule has 2 heterocycles. The van der Waals surface area contributed by atoms with Crippen LogP contribution in [0.15, 0.2) is 71.3 Å². The standard InChI is InChI=1S/C28H32N2O5/c1-20(2)30(27(31)22-11-9-21(10-12-22)25-8-5-16-34-25)19-23-6-3-4-7-26(23)35-17-15-29-14-13-24(18-29)28(32)33/h3-12,16,20,24H,13-15,17-19H2,1-2H3,(H,32,33)/i20D. The van der Waals surface area contributed by atoms with E-state index in [0.29, 0.717) is 37.4 Å². The largest absolute Gasteiger partial charge is 0.492 e. The van der Waals surface area contributed by atoms with Crippen LogP contribution in [0.4, 0.5) is 0 Å². The Morgan fingerprint density at radius 1 is 1.17 bits per heavy atom. The summed E-state index contributed by atoms with van der Waals surface area (Å²) >= 11 is 0. The third-order valence-corrected chi connectivity index (χ3v) is 6.31. The SMILES string of the molecule is [2H]C(C)(C)N(Cc1ccccc1OCCN1CCC(C(=O)O)C1)C(=O)c1ccc(-c2ccco2)cc1. The number of para-hydroxylation sites is 1. The summed E-state index contributed by atoms with van der Waals surface area (Å²) in [6.07, 6.45) is 2.26. The lowest BCUT2D eigenvalue weighted by Gasteiger charge is -2.28. The van der Waals surface area contributed by atoms with Crippen LogP contribution in [0, 0.1) is 5.92 Å². The normalized spacial score (nSPS) is 16.6. The van der Waals surface area contributed by atoms with Crippen molar-refractivity contribution in [3.05, 3.63) is 78.1 Å². The highest BCUT2D eigenvalue weighted by Crippen LogP contribution is 2.24. The van der Waals surface area contributed by atoms with E-state index in [4.69, 9.17) is 10.5 Å². The molecule has 1 aliphatic rings. The van der Waals surface area contributed by atoms with Crippen LogP contribution < -0.4 is 4.74 Å². The summed E-state index contributed by atoms with van der Waals surface area (Å²) in [5.41, 5.74) is 2.17. The molecule has 0 radical (unpaired) electrons. The van der Waals surface area contributed by atoms with Gasteiger partial charge >= 0.3 is 5.97 Å². The number of likely N-dealkylation sites (tertiary alicyclic amines) is 1. The first-order valence-electron chi connectivity index (χ1n) is 12.3. The van der Waals surface area contributed by atoms with E-state index in [2.05, 4.69) is 4.90 Å². The molecule has 1 aromatic heterocycles. The Labute approximate surface area is 207 Å². The Balaban J connectivity index is 1.44. The molecule has 1 fully saturated rings. The minimum atomic E-state index is -1.16. The van der Waals surface area contributed by atoms with Crippen LogP contribution in [0.3, 0.4) is 0 Å². The summed E-state index contributed by atoms with van der Waals surface area (Å²) in [6.45, 7) is 5.93. The van der Waals surface area contributed by atoms with Gasteiger partial charge in [-0.25, -0.2) is 0 Å². The fraction of sp³-hybridized carbons (Fsp3) is 0.357. The predicted octanol–water partition coefficient (Wildman–Crippen LogP) is 4.78. The highest BCUT2D eigenvalue weighted by molar-refractivity contribution is 5.94. The molecule has 4 rings (SSSR count). The van der Waals surface area contributed by atoms with Crippen molar-refractivity contribution in [2.24, 2.45) is 5.92 Å². The van der Waals surface area contributed by atoms with Gasteiger partial charge in [0, 0.05) is 42.3 Å². The zero-order valence-electron chi connectivity index (χ0n) is 21.1. The molecule has 1 N–H and O–H groups in total. The zero-order valence-corrected chi connectivity index (χ0v) is 20.1. The molecule has 2 aromatic carbocycles. The van der Waals surface area contributed by atoms with E-state index in [1.807, 2.05) is 48.5 Å². The van der Waals surface area contributed by atoms with Crippen LogP contribution in [0.1, 0.15) is 37.6 Å². The van der Waals surface area contributed by atoms with E-state index in [1.54, 1.807) is 32.2 Å². The van der Waals surface area contributed by atoms with Crippen molar-refractivity contribution in [3.8, 4) is 17.1 Å². The van der Waals surface area contributed by atoms with Crippen molar-refractivity contribution < 1.29 is 25.2 Å². The quantitative estimate of drug-likeness (QED) is 0.452. The number of ether oxygens (including phenoxy) is 1. The van der Waals surface area contributed by atoms with Gasteiger partial charge in [0.05, 0.1) is 13.6 Å². The molecule has 184 valence electrons. The fourth-order valence-corrected chi connectivity index (χ4v) is 4.28. The fourth-order valence-electron chi connectivity index (χ4n) is 4.28. The molecule has 1 amide bonds. The van der Waals surface area contributed by atoms with E-state index in [0.717, 1.165) is 23.4 Å². The number of carboxylic acid groups (broad SMARTS) is 1. The lowest BCUT2D eigenvalue weighted by atomic mass is 10.1. The van der Waals surface area contributed by atoms with Crippen molar-refractivity contribution in [3.63, 3.8) is 0 Å². The van der Waals surface area contributed by atoms with E-state index in [1.165, 1.54) is 4.90 Å². The second-order valence-corrected chi connectivity index (χ2v) is 8.97. The summed E-state index contributed by atoms with van der Waals surface area (Å²) in [6, 6.07) is 17.2. The van der Waals surface area contributed by atoms with Gasteiger partial charge in [0.15, 0.2) is 0 Å². The maximum absolute atomic E-state index is 13.5. The summed E-state index contributed by atoms with van der Waals surface area (Å²) in [5, 5.41) is 9.19. The average molecular weight is 478 g/mol. The number of aliphatic carboxylic acids is 1. The topological polar surface area (TPSA) is 83.2 Å². The Morgan fingerprint density at radius 2 is 1.94 bits per heavy atom. The van der Waals surface area contributed by atoms with Crippen molar-refractivity contribution in [1.82, 2.24) is 9.80 Å². The number of nitrogens with zero attached hydrogens (tertiary/aromatic N) is 2. The van der Waals surface area contributed by atoms with Crippen molar-refractivity contribution in [2.45, 2.75) is 32.8 Å². The number of carbonyl (C=O) groups is 2. The van der Waals surface area contributed by atoms with Crippen molar-refractivity contribution >= 4 is 11.9 Å². The molecular formula is C28H32N2O5. The van der Waals surface area contributed by atoms with Gasteiger partial charge in [-0.3, -0.25) is 14.5 Å².